The lowest BCUT2D eigenvalue weighted by Crippen LogP contribution is -2.39. The zero-order valence-electron chi connectivity index (χ0n) is 9.59. The molecule has 3 atom stereocenters. The molecule has 1 aliphatic carbocycles. The summed E-state index contributed by atoms with van der Waals surface area (Å²) >= 11 is 0. The highest BCUT2D eigenvalue weighted by atomic mass is 15.0. The number of nitrogens with one attached hydrogen (secondary N) is 1. The van der Waals surface area contributed by atoms with E-state index in [2.05, 4.69) is 37.4 Å². The van der Waals surface area contributed by atoms with Crippen molar-refractivity contribution in [3.8, 4) is 0 Å². The molecular weight excluding hydrogens is 182 g/mol. The molecule has 0 aromatic heterocycles. The Hall–Kier alpha value is -0.820. The molecule has 80 valence electrons. The first-order valence-electron chi connectivity index (χ1n) is 6.13. The minimum absolute atomic E-state index is 0.635. The van der Waals surface area contributed by atoms with Gasteiger partial charge in [0.05, 0.1) is 0 Å². The highest BCUT2D eigenvalue weighted by Crippen LogP contribution is 2.41. The molecule has 0 spiro atoms. The predicted molar refractivity (Wildman–Crippen MR) is 63.1 cm³/mol. The molecule has 1 heterocycles. The number of hydrogen-bond donors (Lipinski definition) is 1. The van der Waals surface area contributed by atoms with Gasteiger partial charge in [-0.15, -0.1) is 0 Å². The number of hydrogen-bond acceptors (Lipinski definition) is 1. The van der Waals surface area contributed by atoms with E-state index in [1.54, 1.807) is 16.7 Å². The molecule has 2 aliphatic rings. The standard InChI is InChI=1S/C14H19N/c1-9-6-7-13-14-11(8-10(2)15-13)4-3-5-12(9)14/h3-5,9-10,13,15H,6-8H2,1-2H3. The van der Waals surface area contributed by atoms with Gasteiger partial charge in [0.25, 0.3) is 0 Å². The molecule has 15 heavy (non-hydrogen) atoms. The van der Waals surface area contributed by atoms with E-state index in [1.165, 1.54) is 19.3 Å². The summed E-state index contributed by atoms with van der Waals surface area (Å²) in [6.07, 6.45) is 3.85. The fourth-order valence-corrected chi connectivity index (χ4v) is 3.28. The lowest BCUT2D eigenvalue weighted by molar-refractivity contribution is 0.364. The predicted octanol–water partition coefficient (Wildman–Crippen LogP) is 3.16. The van der Waals surface area contributed by atoms with E-state index in [1.807, 2.05) is 0 Å². The first-order chi connectivity index (χ1) is 7.25. The van der Waals surface area contributed by atoms with Crippen LogP contribution in [0.25, 0.3) is 0 Å². The average molecular weight is 201 g/mol. The molecule has 0 radical (unpaired) electrons. The summed E-state index contributed by atoms with van der Waals surface area (Å²) in [5.41, 5.74) is 4.83. The fraction of sp³-hybridized carbons (Fsp3) is 0.571. The van der Waals surface area contributed by atoms with Crippen LogP contribution in [0.2, 0.25) is 0 Å². The van der Waals surface area contributed by atoms with Gasteiger partial charge in [-0.05, 0) is 48.8 Å². The van der Waals surface area contributed by atoms with Crippen LogP contribution in [-0.4, -0.2) is 6.04 Å². The topological polar surface area (TPSA) is 12.0 Å². The Balaban J connectivity index is 2.15. The van der Waals surface area contributed by atoms with Crippen LogP contribution in [0.3, 0.4) is 0 Å². The molecule has 0 fully saturated rings. The molecule has 1 aliphatic heterocycles. The van der Waals surface area contributed by atoms with Crippen LogP contribution < -0.4 is 5.32 Å². The lowest BCUT2D eigenvalue weighted by atomic mass is 9.76. The van der Waals surface area contributed by atoms with Crippen LogP contribution in [0.1, 0.15) is 55.3 Å². The molecule has 1 nitrogen and oxygen atoms in total. The van der Waals surface area contributed by atoms with Crippen LogP contribution in [0.5, 0.6) is 0 Å². The monoisotopic (exact) mass is 201 g/mol. The van der Waals surface area contributed by atoms with Gasteiger partial charge in [-0.2, -0.15) is 0 Å². The Kier molecular flexibility index (Phi) is 2.10. The molecule has 1 heteroatoms. The molecule has 1 aromatic rings. The second-order valence-corrected chi connectivity index (χ2v) is 5.22. The van der Waals surface area contributed by atoms with E-state index >= 15 is 0 Å². The van der Waals surface area contributed by atoms with Crippen molar-refractivity contribution in [2.24, 2.45) is 0 Å². The first kappa shape index (κ1) is 9.41. The van der Waals surface area contributed by atoms with Crippen molar-refractivity contribution in [1.82, 2.24) is 5.32 Å². The smallest absolute Gasteiger partial charge is 0.0328 e. The zero-order valence-corrected chi connectivity index (χ0v) is 9.59. The van der Waals surface area contributed by atoms with Crippen molar-refractivity contribution < 1.29 is 0 Å². The van der Waals surface area contributed by atoms with Crippen molar-refractivity contribution in [1.29, 1.82) is 0 Å². The number of rotatable bonds is 0. The van der Waals surface area contributed by atoms with Crippen molar-refractivity contribution in [2.75, 3.05) is 0 Å². The summed E-state index contributed by atoms with van der Waals surface area (Å²) in [4.78, 5) is 0. The molecule has 1 N–H and O–H groups in total. The minimum Gasteiger partial charge on any atom is -0.307 e. The second-order valence-electron chi connectivity index (χ2n) is 5.22. The zero-order chi connectivity index (χ0) is 10.4. The summed E-state index contributed by atoms with van der Waals surface area (Å²) in [7, 11) is 0. The molecule has 1 aromatic carbocycles. The van der Waals surface area contributed by atoms with Crippen molar-refractivity contribution in [3.63, 3.8) is 0 Å². The van der Waals surface area contributed by atoms with Crippen molar-refractivity contribution >= 4 is 0 Å². The molecule has 3 unspecified atom stereocenters. The summed E-state index contributed by atoms with van der Waals surface area (Å²) < 4.78 is 0. The van der Waals surface area contributed by atoms with E-state index in [9.17, 15) is 0 Å². The van der Waals surface area contributed by atoms with E-state index in [0.29, 0.717) is 12.1 Å². The summed E-state index contributed by atoms with van der Waals surface area (Å²) in [5.74, 6) is 0.756. The van der Waals surface area contributed by atoms with E-state index in [0.717, 1.165) is 5.92 Å². The normalized spacial score (nSPS) is 33.6. The fourth-order valence-electron chi connectivity index (χ4n) is 3.28. The first-order valence-corrected chi connectivity index (χ1v) is 6.13. The maximum atomic E-state index is 3.73. The summed E-state index contributed by atoms with van der Waals surface area (Å²) in [6, 6.07) is 8.17. The molecule has 0 bridgehead atoms. The quantitative estimate of drug-likeness (QED) is 0.680. The highest BCUT2D eigenvalue weighted by Gasteiger charge is 2.30. The van der Waals surface area contributed by atoms with Crippen LogP contribution in [0.4, 0.5) is 0 Å². The number of benzene rings is 1. The lowest BCUT2D eigenvalue weighted by Gasteiger charge is -2.38. The van der Waals surface area contributed by atoms with Gasteiger partial charge in [-0.25, -0.2) is 0 Å². The van der Waals surface area contributed by atoms with Gasteiger partial charge >= 0.3 is 0 Å². The second kappa shape index (κ2) is 3.34. The van der Waals surface area contributed by atoms with Gasteiger partial charge < -0.3 is 5.32 Å². The molecule has 0 amide bonds. The van der Waals surface area contributed by atoms with Gasteiger partial charge in [0.2, 0.25) is 0 Å². The van der Waals surface area contributed by atoms with Crippen LogP contribution in [0, 0.1) is 0 Å². The maximum Gasteiger partial charge on any atom is 0.0328 e. The van der Waals surface area contributed by atoms with Crippen LogP contribution >= 0.6 is 0 Å². The molecule has 0 saturated heterocycles. The van der Waals surface area contributed by atoms with E-state index < -0.39 is 0 Å². The Bertz CT molecular complexity index is 383. The van der Waals surface area contributed by atoms with Gasteiger partial charge in [0.1, 0.15) is 0 Å². The molecule has 3 rings (SSSR count). The average Bonchev–Trinajstić information content (AvgIpc) is 2.23. The molecule has 0 saturated carbocycles. The van der Waals surface area contributed by atoms with E-state index in [-0.39, 0.29) is 0 Å². The Morgan fingerprint density at radius 2 is 2.07 bits per heavy atom. The third-order valence-corrected chi connectivity index (χ3v) is 4.01. The largest absolute Gasteiger partial charge is 0.307 e. The maximum absolute atomic E-state index is 3.73. The minimum atomic E-state index is 0.635. The van der Waals surface area contributed by atoms with E-state index in [4.69, 9.17) is 0 Å². The third-order valence-electron chi connectivity index (χ3n) is 4.01. The highest BCUT2D eigenvalue weighted by molar-refractivity contribution is 5.43. The van der Waals surface area contributed by atoms with Gasteiger partial charge in [0.15, 0.2) is 0 Å². The van der Waals surface area contributed by atoms with Gasteiger partial charge in [-0.3, -0.25) is 0 Å². The van der Waals surface area contributed by atoms with Gasteiger partial charge in [0, 0.05) is 12.1 Å². The summed E-state index contributed by atoms with van der Waals surface area (Å²) in [6.45, 7) is 4.66. The Morgan fingerprint density at radius 3 is 2.93 bits per heavy atom. The van der Waals surface area contributed by atoms with Crippen molar-refractivity contribution in [3.05, 3.63) is 34.9 Å². The third kappa shape index (κ3) is 1.41. The molecular formula is C14H19N. The van der Waals surface area contributed by atoms with Gasteiger partial charge in [-0.1, -0.05) is 25.1 Å². The van der Waals surface area contributed by atoms with Crippen LogP contribution in [-0.2, 0) is 6.42 Å². The summed E-state index contributed by atoms with van der Waals surface area (Å²) in [5, 5.41) is 3.73. The SMILES string of the molecule is CC1Cc2cccc3c2C(CCC3C)N1. The van der Waals surface area contributed by atoms with Crippen LogP contribution in [0.15, 0.2) is 18.2 Å². The van der Waals surface area contributed by atoms with Crippen molar-refractivity contribution in [2.45, 2.75) is 51.1 Å². The Morgan fingerprint density at radius 1 is 1.20 bits per heavy atom. The Labute approximate surface area is 91.9 Å².